The number of rotatable bonds is 6. The van der Waals surface area contributed by atoms with Crippen molar-refractivity contribution in [2.45, 2.75) is 37.7 Å². The summed E-state index contributed by atoms with van der Waals surface area (Å²) in [6, 6.07) is 11.9. The highest BCUT2D eigenvalue weighted by molar-refractivity contribution is 7.18. The van der Waals surface area contributed by atoms with Crippen molar-refractivity contribution >= 4 is 27.4 Å². The molecule has 4 aromatic rings. The van der Waals surface area contributed by atoms with E-state index in [1.54, 1.807) is 6.07 Å². The highest BCUT2D eigenvalue weighted by Crippen LogP contribution is 2.34. The minimum atomic E-state index is -0.903. The van der Waals surface area contributed by atoms with Crippen molar-refractivity contribution in [3.05, 3.63) is 71.1 Å². The number of pyridine rings is 1. The molecule has 1 fully saturated rings. The van der Waals surface area contributed by atoms with Crippen LogP contribution in [0.4, 0.5) is 10.2 Å². The second-order valence-corrected chi connectivity index (χ2v) is 9.11. The molecule has 7 heteroatoms. The molecule has 1 aliphatic rings. The van der Waals surface area contributed by atoms with E-state index in [0.29, 0.717) is 29.7 Å². The van der Waals surface area contributed by atoms with E-state index < -0.39 is 11.4 Å². The molecule has 3 heterocycles. The number of thiophene rings is 1. The van der Waals surface area contributed by atoms with Gasteiger partial charge in [-0.15, -0.1) is 11.3 Å². The van der Waals surface area contributed by atoms with Gasteiger partial charge in [0.05, 0.1) is 22.0 Å². The number of anilines is 1. The van der Waals surface area contributed by atoms with Gasteiger partial charge in [-0.05, 0) is 43.7 Å². The first-order valence-electron chi connectivity index (χ1n) is 11.0. The third-order valence-corrected chi connectivity index (χ3v) is 6.79. The summed E-state index contributed by atoms with van der Waals surface area (Å²) < 4.78 is 15.3. The van der Waals surface area contributed by atoms with Crippen molar-refractivity contribution < 1.29 is 9.50 Å². The molecule has 5 rings (SSSR count). The van der Waals surface area contributed by atoms with Crippen LogP contribution in [-0.2, 0) is 6.42 Å². The molecule has 0 saturated heterocycles. The Morgan fingerprint density at radius 3 is 2.76 bits per heavy atom. The summed E-state index contributed by atoms with van der Waals surface area (Å²) in [4.78, 5) is 13.1. The van der Waals surface area contributed by atoms with Gasteiger partial charge in [0.2, 0.25) is 0 Å². The van der Waals surface area contributed by atoms with Crippen LogP contribution < -0.4 is 5.32 Å². The van der Waals surface area contributed by atoms with Crippen LogP contribution in [0.2, 0.25) is 0 Å². The second kappa shape index (κ2) is 9.26. The van der Waals surface area contributed by atoms with Gasteiger partial charge in [-0.3, -0.25) is 4.98 Å². The van der Waals surface area contributed by atoms with Crippen LogP contribution in [0.3, 0.4) is 0 Å². The topological polar surface area (TPSA) is 70.9 Å². The average molecular weight is 459 g/mol. The van der Waals surface area contributed by atoms with E-state index in [9.17, 15) is 9.50 Å². The van der Waals surface area contributed by atoms with Gasteiger partial charge in [0.25, 0.3) is 0 Å². The van der Waals surface area contributed by atoms with Crippen molar-refractivity contribution in [3.8, 4) is 23.2 Å². The van der Waals surface area contributed by atoms with Gasteiger partial charge < -0.3 is 10.4 Å². The van der Waals surface area contributed by atoms with E-state index in [4.69, 9.17) is 0 Å². The van der Waals surface area contributed by atoms with Gasteiger partial charge in [0, 0.05) is 18.1 Å². The molecule has 1 aromatic carbocycles. The quantitative estimate of drug-likeness (QED) is 0.307. The molecule has 0 radical (unpaired) electrons. The Bertz CT molecular complexity index is 1340. The fourth-order valence-corrected chi connectivity index (χ4v) is 4.67. The normalized spacial score (nSPS) is 14.4. The lowest BCUT2D eigenvalue weighted by molar-refractivity contribution is 0.0240. The molecule has 166 valence electrons. The smallest absolute Gasteiger partial charge is 0.165 e. The molecule has 0 aliphatic heterocycles. The van der Waals surface area contributed by atoms with Crippen molar-refractivity contribution in [2.24, 2.45) is 0 Å². The highest BCUT2D eigenvalue weighted by Gasteiger charge is 2.32. The van der Waals surface area contributed by atoms with Crippen LogP contribution in [-0.4, -0.2) is 32.2 Å². The van der Waals surface area contributed by atoms with Crippen LogP contribution in [0.1, 0.15) is 36.8 Å². The van der Waals surface area contributed by atoms with E-state index in [1.165, 1.54) is 23.1 Å². The summed E-state index contributed by atoms with van der Waals surface area (Å²) in [5, 5.41) is 15.7. The number of nitrogens with zero attached hydrogens (tertiary/aromatic N) is 3. The standard InChI is InChI=1S/C26H23FN4OS/c27-21-16-28-15-10-20(21)24-30-22-19(9-13-26(32)11-5-12-26)17-33-23(22)25(31-24)29-14-4-8-18-6-2-1-3-7-18/h1-3,6-7,10,15-17,32H,4-5,8,11-12,14H2,(H,29,30,31). The molecule has 0 atom stereocenters. The minimum Gasteiger partial charge on any atom is -0.378 e. The maximum atomic E-state index is 14.5. The Morgan fingerprint density at radius 1 is 1.15 bits per heavy atom. The molecule has 0 amide bonds. The lowest BCUT2D eigenvalue weighted by atomic mass is 9.81. The number of nitrogens with one attached hydrogen (secondary N) is 1. The Labute approximate surface area is 195 Å². The van der Waals surface area contributed by atoms with Gasteiger partial charge >= 0.3 is 0 Å². The van der Waals surface area contributed by atoms with Crippen LogP contribution in [0.15, 0.2) is 54.2 Å². The molecule has 0 unspecified atom stereocenters. The van der Waals surface area contributed by atoms with Crippen molar-refractivity contribution in [3.63, 3.8) is 0 Å². The molecule has 2 N–H and O–H groups in total. The molecular weight excluding hydrogens is 435 g/mol. The predicted molar refractivity (Wildman–Crippen MR) is 130 cm³/mol. The predicted octanol–water partition coefficient (Wildman–Crippen LogP) is 5.20. The molecule has 0 bridgehead atoms. The first-order chi connectivity index (χ1) is 16.1. The van der Waals surface area contributed by atoms with Crippen molar-refractivity contribution in [1.82, 2.24) is 15.0 Å². The van der Waals surface area contributed by atoms with Gasteiger partial charge in [-0.1, -0.05) is 42.2 Å². The zero-order valence-electron chi connectivity index (χ0n) is 18.0. The lowest BCUT2D eigenvalue weighted by Crippen LogP contribution is -2.34. The first-order valence-corrected chi connectivity index (χ1v) is 11.9. The van der Waals surface area contributed by atoms with E-state index in [2.05, 4.69) is 44.2 Å². The third kappa shape index (κ3) is 4.72. The fraction of sp³-hybridized carbons (Fsp3) is 0.269. The minimum absolute atomic E-state index is 0.289. The number of hydrogen-bond donors (Lipinski definition) is 2. The van der Waals surface area contributed by atoms with Crippen LogP contribution in [0, 0.1) is 17.7 Å². The maximum Gasteiger partial charge on any atom is 0.165 e. The highest BCUT2D eigenvalue weighted by atomic mass is 32.1. The summed E-state index contributed by atoms with van der Waals surface area (Å²) in [6.07, 6.45) is 6.95. The third-order valence-electron chi connectivity index (χ3n) is 5.82. The van der Waals surface area contributed by atoms with Crippen LogP contribution in [0.25, 0.3) is 21.6 Å². The van der Waals surface area contributed by atoms with Crippen molar-refractivity contribution in [2.75, 3.05) is 11.9 Å². The second-order valence-electron chi connectivity index (χ2n) is 8.23. The Kier molecular flexibility index (Phi) is 6.03. The van der Waals surface area contributed by atoms with Crippen LogP contribution in [0.5, 0.6) is 0 Å². The fourth-order valence-electron chi connectivity index (χ4n) is 3.77. The van der Waals surface area contributed by atoms with Gasteiger partial charge in [-0.2, -0.15) is 0 Å². The maximum absolute atomic E-state index is 14.5. The molecule has 1 saturated carbocycles. The van der Waals surface area contributed by atoms with Crippen molar-refractivity contribution in [1.29, 1.82) is 0 Å². The Hall–Kier alpha value is -3.34. The summed E-state index contributed by atoms with van der Waals surface area (Å²) in [5.41, 5.74) is 2.07. The Balaban J connectivity index is 1.46. The zero-order chi connectivity index (χ0) is 22.7. The molecule has 33 heavy (non-hydrogen) atoms. The summed E-state index contributed by atoms with van der Waals surface area (Å²) in [6.45, 7) is 0.720. The molecule has 5 nitrogen and oxygen atoms in total. The number of hydrogen-bond acceptors (Lipinski definition) is 6. The molecule has 3 aromatic heterocycles. The van der Waals surface area contributed by atoms with E-state index in [0.717, 1.165) is 42.3 Å². The zero-order valence-corrected chi connectivity index (χ0v) is 18.8. The van der Waals surface area contributed by atoms with Gasteiger partial charge in [0.15, 0.2) is 11.6 Å². The number of halogens is 1. The monoisotopic (exact) mass is 458 g/mol. The molecule has 1 aliphatic carbocycles. The lowest BCUT2D eigenvalue weighted by Gasteiger charge is -2.30. The first kappa shape index (κ1) is 21.5. The van der Waals surface area contributed by atoms with E-state index >= 15 is 0 Å². The number of aliphatic hydroxyl groups is 1. The van der Waals surface area contributed by atoms with Gasteiger partial charge in [-0.25, -0.2) is 14.4 Å². The molecular formula is C26H23FN4OS. The number of aryl methyl sites for hydroxylation is 1. The van der Waals surface area contributed by atoms with E-state index in [-0.39, 0.29) is 5.82 Å². The Morgan fingerprint density at radius 2 is 2.00 bits per heavy atom. The SMILES string of the molecule is OC1(C#Cc2csc3c(NCCCc4ccccc4)nc(-c4ccncc4F)nc23)CCC1. The molecule has 0 spiro atoms. The van der Waals surface area contributed by atoms with E-state index in [1.807, 2.05) is 23.6 Å². The number of aromatic nitrogens is 3. The number of fused-ring (bicyclic) bond motifs is 1. The average Bonchev–Trinajstić information content (AvgIpc) is 3.23. The summed E-state index contributed by atoms with van der Waals surface area (Å²) in [5.74, 6) is 6.59. The van der Waals surface area contributed by atoms with Gasteiger partial charge in [0.1, 0.15) is 16.9 Å². The largest absolute Gasteiger partial charge is 0.378 e. The summed E-state index contributed by atoms with van der Waals surface area (Å²) >= 11 is 1.50. The summed E-state index contributed by atoms with van der Waals surface area (Å²) in [7, 11) is 0. The number of benzene rings is 1. The van der Waals surface area contributed by atoms with Crippen LogP contribution >= 0.6 is 11.3 Å².